The lowest BCUT2D eigenvalue weighted by molar-refractivity contribution is 0.374. The molecule has 0 bridgehead atoms. The topological polar surface area (TPSA) is 71.3 Å². The molecule has 0 saturated carbocycles. The number of fused-ring (bicyclic) bond motifs is 1. The highest BCUT2D eigenvalue weighted by molar-refractivity contribution is 5.86. The van der Waals surface area contributed by atoms with E-state index in [1.54, 1.807) is 13.2 Å². The summed E-state index contributed by atoms with van der Waals surface area (Å²) in [6, 6.07) is 3.61. The summed E-state index contributed by atoms with van der Waals surface area (Å²) in [5.41, 5.74) is 7.82. The monoisotopic (exact) mass is 220 g/mol. The van der Waals surface area contributed by atoms with E-state index in [4.69, 9.17) is 10.5 Å². The van der Waals surface area contributed by atoms with Crippen LogP contribution in [0.4, 0.5) is 0 Å². The third kappa shape index (κ3) is 1.84. The van der Waals surface area contributed by atoms with Crippen molar-refractivity contribution in [3.05, 3.63) is 23.9 Å². The zero-order chi connectivity index (χ0) is 11.7. The molecule has 1 atom stereocenters. The lowest BCUT2D eigenvalue weighted by Gasteiger charge is -2.06. The minimum Gasteiger partial charge on any atom is -0.504 e. The number of H-pyrrole nitrogens is 1. The lowest BCUT2D eigenvalue weighted by atomic mass is 10.1. The maximum absolute atomic E-state index is 9.63. The van der Waals surface area contributed by atoms with Crippen molar-refractivity contribution in [1.29, 1.82) is 0 Å². The summed E-state index contributed by atoms with van der Waals surface area (Å²) in [6.45, 7) is 1.97. The molecule has 0 aliphatic heterocycles. The van der Waals surface area contributed by atoms with E-state index in [9.17, 15) is 5.11 Å². The van der Waals surface area contributed by atoms with Gasteiger partial charge in [0.2, 0.25) is 0 Å². The van der Waals surface area contributed by atoms with Gasteiger partial charge in [-0.15, -0.1) is 0 Å². The van der Waals surface area contributed by atoms with Crippen LogP contribution < -0.4 is 10.5 Å². The number of aromatic nitrogens is 1. The molecule has 4 nitrogen and oxygen atoms in total. The van der Waals surface area contributed by atoms with Crippen molar-refractivity contribution >= 4 is 10.9 Å². The molecule has 4 heteroatoms. The van der Waals surface area contributed by atoms with E-state index in [0.717, 1.165) is 22.9 Å². The number of rotatable bonds is 3. The van der Waals surface area contributed by atoms with Gasteiger partial charge < -0.3 is 20.6 Å². The number of methoxy groups -OCH3 is 1. The van der Waals surface area contributed by atoms with Crippen LogP contribution in [0.25, 0.3) is 10.9 Å². The zero-order valence-electron chi connectivity index (χ0n) is 9.45. The Hall–Kier alpha value is -1.68. The molecule has 1 heterocycles. The molecule has 0 saturated heterocycles. The molecule has 1 unspecified atom stereocenters. The van der Waals surface area contributed by atoms with Gasteiger partial charge in [0.25, 0.3) is 0 Å². The number of aromatic amines is 1. The lowest BCUT2D eigenvalue weighted by Crippen LogP contribution is -2.17. The van der Waals surface area contributed by atoms with Gasteiger partial charge in [-0.3, -0.25) is 0 Å². The highest BCUT2D eigenvalue weighted by atomic mass is 16.5. The second-order valence-corrected chi connectivity index (χ2v) is 4.06. The van der Waals surface area contributed by atoms with Gasteiger partial charge in [0.05, 0.1) is 7.11 Å². The summed E-state index contributed by atoms with van der Waals surface area (Å²) in [5, 5.41) is 10.7. The van der Waals surface area contributed by atoms with Gasteiger partial charge in [0, 0.05) is 29.2 Å². The number of nitrogens with two attached hydrogens (primary N) is 1. The van der Waals surface area contributed by atoms with Crippen molar-refractivity contribution in [1.82, 2.24) is 4.98 Å². The predicted molar refractivity (Wildman–Crippen MR) is 63.9 cm³/mol. The number of hydrogen-bond donors (Lipinski definition) is 3. The molecule has 0 aliphatic rings. The Morgan fingerprint density at radius 2 is 2.25 bits per heavy atom. The van der Waals surface area contributed by atoms with E-state index in [-0.39, 0.29) is 11.8 Å². The fourth-order valence-corrected chi connectivity index (χ4v) is 1.88. The van der Waals surface area contributed by atoms with Crippen molar-refractivity contribution < 1.29 is 9.84 Å². The fraction of sp³-hybridized carbons (Fsp3) is 0.333. The van der Waals surface area contributed by atoms with Gasteiger partial charge >= 0.3 is 0 Å². The molecule has 86 valence electrons. The Bertz CT molecular complexity index is 503. The highest BCUT2D eigenvalue weighted by Crippen LogP contribution is 2.32. The molecule has 2 rings (SSSR count). The minimum atomic E-state index is 0.110. The van der Waals surface area contributed by atoms with Gasteiger partial charge in [-0.2, -0.15) is 0 Å². The Labute approximate surface area is 94.0 Å². The second kappa shape index (κ2) is 4.06. The van der Waals surface area contributed by atoms with Crippen molar-refractivity contribution in [2.24, 2.45) is 5.73 Å². The first-order chi connectivity index (χ1) is 7.61. The van der Waals surface area contributed by atoms with Crippen LogP contribution >= 0.6 is 0 Å². The molecule has 1 aromatic heterocycles. The number of benzene rings is 1. The largest absolute Gasteiger partial charge is 0.504 e. The minimum absolute atomic E-state index is 0.110. The zero-order valence-corrected chi connectivity index (χ0v) is 9.45. The van der Waals surface area contributed by atoms with Crippen LogP contribution in [0.2, 0.25) is 0 Å². The summed E-state index contributed by atoms with van der Waals surface area (Å²) >= 11 is 0. The van der Waals surface area contributed by atoms with E-state index in [2.05, 4.69) is 4.98 Å². The maximum atomic E-state index is 9.63. The Balaban J connectivity index is 2.53. The second-order valence-electron chi connectivity index (χ2n) is 4.06. The normalized spacial score (nSPS) is 12.9. The van der Waals surface area contributed by atoms with Crippen LogP contribution in [0, 0.1) is 0 Å². The number of hydrogen-bond acceptors (Lipinski definition) is 3. The first kappa shape index (κ1) is 10.8. The first-order valence-electron chi connectivity index (χ1n) is 5.24. The molecule has 2 aromatic rings. The molecular formula is C12H16N2O2. The fourth-order valence-electron chi connectivity index (χ4n) is 1.88. The Morgan fingerprint density at radius 3 is 2.88 bits per heavy atom. The van der Waals surface area contributed by atoms with Crippen molar-refractivity contribution in [2.45, 2.75) is 19.4 Å². The molecule has 1 aromatic carbocycles. The van der Waals surface area contributed by atoms with E-state index < -0.39 is 0 Å². The summed E-state index contributed by atoms with van der Waals surface area (Å²) < 4.78 is 5.09. The molecule has 16 heavy (non-hydrogen) atoms. The van der Waals surface area contributed by atoms with Crippen LogP contribution in [-0.4, -0.2) is 23.2 Å². The summed E-state index contributed by atoms with van der Waals surface area (Å²) in [6.07, 6.45) is 2.72. The summed E-state index contributed by atoms with van der Waals surface area (Å²) in [7, 11) is 1.54. The van der Waals surface area contributed by atoms with Crippen LogP contribution in [0.15, 0.2) is 18.3 Å². The van der Waals surface area contributed by atoms with Crippen molar-refractivity contribution in [3.63, 3.8) is 0 Å². The molecule has 0 amide bonds. The smallest absolute Gasteiger partial charge is 0.161 e. The highest BCUT2D eigenvalue weighted by Gasteiger charge is 2.10. The van der Waals surface area contributed by atoms with E-state index in [1.165, 1.54) is 0 Å². The van der Waals surface area contributed by atoms with Crippen LogP contribution in [0.1, 0.15) is 12.5 Å². The number of aromatic hydroxyl groups is 1. The van der Waals surface area contributed by atoms with Crippen LogP contribution in [0.5, 0.6) is 11.5 Å². The van der Waals surface area contributed by atoms with Crippen molar-refractivity contribution in [2.75, 3.05) is 7.11 Å². The predicted octanol–water partition coefficient (Wildman–Crippen LogP) is 1.77. The first-order valence-corrected chi connectivity index (χ1v) is 5.24. The van der Waals surface area contributed by atoms with Gasteiger partial charge in [-0.1, -0.05) is 0 Å². The van der Waals surface area contributed by atoms with Gasteiger partial charge in [0.15, 0.2) is 11.5 Å². The average molecular weight is 220 g/mol. The number of ether oxygens (including phenoxy) is 1. The van der Waals surface area contributed by atoms with Gasteiger partial charge in [-0.25, -0.2) is 0 Å². The maximum Gasteiger partial charge on any atom is 0.161 e. The summed E-state index contributed by atoms with van der Waals surface area (Å²) in [4.78, 5) is 3.11. The molecule has 0 aliphatic carbocycles. The van der Waals surface area contributed by atoms with Crippen LogP contribution in [0.3, 0.4) is 0 Å². The van der Waals surface area contributed by atoms with Gasteiger partial charge in [0.1, 0.15) is 0 Å². The van der Waals surface area contributed by atoms with Gasteiger partial charge in [-0.05, 0) is 25.0 Å². The number of nitrogens with one attached hydrogen (secondary N) is 1. The Kier molecular flexibility index (Phi) is 2.75. The molecule has 0 spiro atoms. The van der Waals surface area contributed by atoms with E-state index >= 15 is 0 Å². The van der Waals surface area contributed by atoms with Crippen LogP contribution in [-0.2, 0) is 6.42 Å². The van der Waals surface area contributed by atoms with E-state index in [1.807, 2.05) is 19.2 Å². The number of phenolic OH excluding ortho intramolecular Hbond substituents is 1. The van der Waals surface area contributed by atoms with E-state index in [0.29, 0.717) is 5.75 Å². The molecule has 4 N–H and O–H groups in total. The number of phenols is 1. The Morgan fingerprint density at radius 1 is 1.50 bits per heavy atom. The molecule has 0 radical (unpaired) electrons. The third-order valence-electron chi connectivity index (χ3n) is 2.61. The molecular weight excluding hydrogens is 204 g/mol. The molecule has 0 fully saturated rings. The standard InChI is InChI=1S/C12H16N2O2/c1-7(13)3-8-6-14-10-5-11(15)12(16-2)4-9(8)10/h4-7,14-15H,3,13H2,1-2H3. The quantitative estimate of drug-likeness (QED) is 0.738. The third-order valence-corrected chi connectivity index (χ3v) is 2.61. The SMILES string of the molecule is COc1cc2c(CC(C)N)c[nH]c2cc1O. The summed E-state index contributed by atoms with van der Waals surface area (Å²) in [5.74, 6) is 0.627. The van der Waals surface area contributed by atoms with Crippen molar-refractivity contribution in [3.8, 4) is 11.5 Å². The average Bonchev–Trinajstić information content (AvgIpc) is 2.59.